The maximum Gasteiger partial charge on any atom is 0.259 e. The van der Waals surface area contributed by atoms with Crippen LogP contribution in [0.15, 0.2) is 4.79 Å². The van der Waals surface area contributed by atoms with Gasteiger partial charge in [0.05, 0.1) is 25.1 Å². The number of ether oxygens (including phenoxy) is 1. The first-order chi connectivity index (χ1) is 12.7. The Kier molecular flexibility index (Phi) is 4.38. The van der Waals surface area contributed by atoms with Gasteiger partial charge in [0, 0.05) is 18.0 Å². The molecule has 5 nitrogen and oxygen atoms in total. The second-order valence-electron chi connectivity index (χ2n) is 8.32. The van der Waals surface area contributed by atoms with E-state index in [9.17, 15) is 4.79 Å². The van der Waals surface area contributed by atoms with Crippen molar-refractivity contribution in [3.8, 4) is 0 Å². The van der Waals surface area contributed by atoms with E-state index in [4.69, 9.17) is 9.72 Å². The van der Waals surface area contributed by atoms with Gasteiger partial charge in [-0.1, -0.05) is 19.3 Å². The summed E-state index contributed by atoms with van der Waals surface area (Å²) >= 11 is 1.78. The van der Waals surface area contributed by atoms with Gasteiger partial charge < -0.3 is 9.72 Å². The summed E-state index contributed by atoms with van der Waals surface area (Å²) in [6.07, 6.45) is 10.4. The van der Waals surface area contributed by atoms with Gasteiger partial charge in [0.15, 0.2) is 0 Å². The Morgan fingerprint density at radius 3 is 2.77 bits per heavy atom. The van der Waals surface area contributed by atoms with Crippen LogP contribution >= 0.6 is 11.3 Å². The summed E-state index contributed by atoms with van der Waals surface area (Å²) < 4.78 is 5.41. The van der Waals surface area contributed by atoms with Crippen LogP contribution in [0.3, 0.4) is 0 Å². The first-order valence-corrected chi connectivity index (χ1v) is 10.9. The molecule has 1 N–H and O–H groups in total. The zero-order valence-electron chi connectivity index (χ0n) is 15.3. The Labute approximate surface area is 157 Å². The molecule has 3 heterocycles. The summed E-state index contributed by atoms with van der Waals surface area (Å²) in [5.74, 6) is 0.801. The van der Waals surface area contributed by atoms with Crippen LogP contribution in [0.4, 0.5) is 0 Å². The van der Waals surface area contributed by atoms with Gasteiger partial charge in [-0.25, -0.2) is 4.98 Å². The van der Waals surface area contributed by atoms with Crippen molar-refractivity contribution in [3.05, 3.63) is 26.6 Å². The quantitative estimate of drug-likeness (QED) is 0.878. The molecule has 2 fully saturated rings. The molecule has 2 aromatic heterocycles. The molecule has 0 unspecified atom stereocenters. The zero-order valence-corrected chi connectivity index (χ0v) is 16.1. The minimum Gasteiger partial charge on any atom is -0.379 e. The van der Waals surface area contributed by atoms with Gasteiger partial charge in [-0.2, -0.15) is 0 Å². The number of hydrogen-bond donors (Lipinski definition) is 1. The molecule has 0 atom stereocenters. The minimum atomic E-state index is 0.0651. The molecule has 140 valence electrons. The van der Waals surface area contributed by atoms with Gasteiger partial charge in [0.2, 0.25) is 0 Å². The Morgan fingerprint density at radius 1 is 1.15 bits per heavy atom. The van der Waals surface area contributed by atoms with E-state index in [1.165, 1.54) is 55.4 Å². The number of fused-ring (bicyclic) bond motifs is 3. The molecule has 0 radical (unpaired) electrons. The lowest BCUT2D eigenvalue weighted by Gasteiger charge is -2.40. The number of H-pyrrole nitrogens is 1. The summed E-state index contributed by atoms with van der Waals surface area (Å²) in [5, 5.41) is 0.876. The van der Waals surface area contributed by atoms with Crippen molar-refractivity contribution < 1.29 is 4.74 Å². The second kappa shape index (κ2) is 6.73. The van der Waals surface area contributed by atoms with Crippen molar-refractivity contribution in [1.82, 2.24) is 14.9 Å². The predicted molar refractivity (Wildman–Crippen MR) is 104 cm³/mol. The van der Waals surface area contributed by atoms with Crippen molar-refractivity contribution in [2.45, 2.75) is 57.9 Å². The highest BCUT2D eigenvalue weighted by Crippen LogP contribution is 2.49. The van der Waals surface area contributed by atoms with Crippen LogP contribution in [-0.2, 0) is 24.1 Å². The number of aromatic amines is 1. The van der Waals surface area contributed by atoms with E-state index < -0.39 is 0 Å². The average molecular weight is 374 g/mol. The van der Waals surface area contributed by atoms with Gasteiger partial charge in [0.1, 0.15) is 10.7 Å². The van der Waals surface area contributed by atoms with Crippen LogP contribution in [-0.4, -0.2) is 41.2 Å². The Hall–Kier alpha value is -1.24. The van der Waals surface area contributed by atoms with E-state index >= 15 is 0 Å². The SMILES string of the molecule is O=c1[nH]c(CN2CCOCC2)nc2sc3c(c12)CCC1(CCCCC1)C3. The highest BCUT2D eigenvalue weighted by atomic mass is 32.1. The molecule has 6 heteroatoms. The topological polar surface area (TPSA) is 58.2 Å². The number of aromatic nitrogens is 2. The Balaban J connectivity index is 1.46. The number of morpholine rings is 1. The third-order valence-electron chi connectivity index (χ3n) is 6.63. The van der Waals surface area contributed by atoms with Crippen LogP contribution in [0.25, 0.3) is 10.2 Å². The molecule has 2 aliphatic carbocycles. The fourth-order valence-electron chi connectivity index (χ4n) is 5.16. The average Bonchev–Trinajstić information content (AvgIpc) is 3.00. The first-order valence-electron chi connectivity index (χ1n) is 10.1. The molecule has 1 aliphatic heterocycles. The molecular formula is C20H27N3O2S. The number of rotatable bonds is 2. The van der Waals surface area contributed by atoms with E-state index in [1.54, 1.807) is 11.3 Å². The van der Waals surface area contributed by atoms with E-state index in [1.807, 2.05) is 0 Å². The maximum absolute atomic E-state index is 12.8. The fourth-order valence-corrected chi connectivity index (χ4v) is 6.57. The van der Waals surface area contributed by atoms with Gasteiger partial charge in [-0.05, 0) is 43.1 Å². The molecular weight excluding hydrogens is 346 g/mol. The first kappa shape index (κ1) is 16.9. The number of hydrogen-bond acceptors (Lipinski definition) is 5. The molecule has 0 amide bonds. The van der Waals surface area contributed by atoms with Crippen molar-refractivity contribution in [2.24, 2.45) is 5.41 Å². The smallest absolute Gasteiger partial charge is 0.259 e. The lowest BCUT2D eigenvalue weighted by Crippen LogP contribution is -2.36. The monoisotopic (exact) mass is 373 g/mol. The summed E-state index contributed by atoms with van der Waals surface area (Å²) in [6, 6.07) is 0. The molecule has 1 saturated heterocycles. The molecule has 2 aromatic rings. The Bertz CT molecular complexity index is 860. The largest absolute Gasteiger partial charge is 0.379 e. The minimum absolute atomic E-state index is 0.0651. The highest BCUT2D eigenvalue weighted by molar-refractivity contribution is 7.18. The molecule has 0 aromatic carbocycles. The lowest BCUT2D eigenvalue weighted by atomic mass is 9.65. The molecule has 1 spiro atoms. The standard InChI is InChI=1S/C20H27N3O2S/c24-18-17-14-4-7-20(5-2-1-3-6-20)12-15(14)26-19(17)22-16(21-18)13-23-8-10-25-11-9-23/h1-13H2,(H,21,22,24). The van der Waals surface area contributed by atoms with Crippen molar-refractivity contribution >= 4 is 21.6 Å². The number of aryl methyl sites for hydroxylation is 1. The molecule has 26 heavy (non-hydrogen) atoms. The summed E-state index contributed by atoms with van der Waals surface area (Å²) in [5.41, 5.74) is 1.87. The van der Waals surface area contributed by atoms with E-state index in [2.05, 4.69) is 9.88 Å². The van der Waals surface area contributed by atoms with Crippen molar-refractivity contribution in [2.75, 3.05) is 26.3 Å². The second-order valence-corrected chi connectivity index (χ2v) is 9.41. The van der Waals surface area contributed by atoms with Gasteiger partial charge >= 0.3 is 0 Å². The normalized spacial score (nSPS) is 23.4. The predicted octanol–water partition coefficient (Wildman–Crippen LogP) is 3.26. The van der Waals surface area contributed by atoms with Crippen LogP contribution in [0.1, 0.15) is 54.8 Å². The van der Waals surface area contributed by atoms with Crippen LogP contribution in [0.5, 0.6) is 0 Å². The Morgan fingerprint density at radius 2 is 1.96 bits per heavy atom. The summed E-state index contributed by atoms with van der Waals surface area (Å²) in [4.78, 5) is 25.4. The van der Waals surface area contributed by atoms with Crippen LogP contribution in [0, 0.1) is 5.41 Å². The molecule has 0 bridgehead atoms. The third-order valence-corrected chi connectivity index (χ3v) is 7.75. The van der Waals surface area contributed by atoms with Gasteiger partial charge in [-0.15, -0.1) is 11.3 Å². The third kappa shape index (κ3) is 3.02. The molecule has 5 rings (SSSR count). The van der Waals surface area contributed by atoms with E-state index in [-0.39, 0.29) is 5.56 Å². The summed E-state index contributed by atoms with van der Waals surface area (Å²) in [7, 11) is 0. The van der Waals surface area contributed by atoms with Crippen molar-refractivity contribution in [1.29, 1.82) is 0 Å². The van der Waals surface area contributed by atoms with Crippen LogP contribution < -0.4 is 5.56 Å². The molecule has 3 aliphatic rings. The zero-order chi connectivity index (χ0) is 17.6. The van der Waals surface area contributed by atoms with Gasteiger partial charge in [0.25, 0.3) is 5.56 Å². The summed E-state index contributed by atoms with van der Waals surface area (Å²) in [6.45, 7) is 4.06. The number of thiophene rings is 1. The maximum atomic E-state index is 12.8. The van der Waals surface area contributed by atoms with Gasteiger partial charge in [-0.3, -0.25) is 9.69 Å². The van der Waals surface area contributed by atoms with E-state index in [0.29, 0.717) is 12.0 Å². The number of nitrogens with one attached hydrogen (secondary N) is 1. The highest BCUT2D eigenvalue weighted by Gasteiger charge is 2.37. The van der Waals surface area contributed by atoms with Crippen molar-refractivity contribution in [3.63, 3.8) is 0 Å². The van der Waals surface area contributed by atoms with Crippen LogP contribution in [0.2, 0.25) is 0 Å². The lowest BCUT2D eigenvalue weighted by molar-refractivity contribution is 0.0331. The fraction of sp³-hybridized carbons (Fsp3) is 0.700. The molecule has 1 saturated carbocycles. The number of nitrogens with zero attached hydrogens (tertiary/aromatic N) is 2. The van der Waals surface area contributed by atoms with E-state index in [0.717, 1.165) is 48.8 Å².